The summed E-state index contributed by atoms with van der Waals surface area (Å²) in [5.41, 5.74) is 7.93. The highest BCUT2D eigenvalue weighted by Gasteiger charge is 1.95. The van der Waals surface area contributed by atoms with Gasteiger partial charge in [0.25, 0.3) is 0 Å². The van der Waals surface area contributed by atoms with E-state index < -0.39 is 0 Å². The van der Waals surface area contributed by atoms with Crippen LogP contribution in [-0.4, -0.2) is 16.4 Å². The molecule has 2 rings (SSSR count). The van der Waals surface area contributed by atoms with Crippen LogP contribution in [0.2, 0.25) is 0 Å². The van der Waals surface area contributed by atoms with Crippen LogP contribution in [0.1, 0.15) is 11.1 Å². The average Bonchev–Trinajstić information content (AvgIpc) is 2.47. The lowest BCUT2D eigenvalue weighted by atomic mass is 10.2. The number of hydrogen-bond acceptors (Lipinski definition) is 4. The molecule has 0 fully saturated rings. The lowest BCUT2D eigenvalue weighted by Crippen LogP contribution is -2.05. The van der Waals surface area contributed by atoms with E-state index in [0.29, 0.717) is 5.17 Å². The highest BCUT2D eigenvalue weighted by molar-refractivity contribution is 8.93. The van der Waals surface area contributed by atoms with Gasteiger partial charge in [-0.2, -0.15) is 5.10 Å². The number of thioether (sulfide) groups is 1. The van der Waals surface area contributed by atoms with E-state index in [0.717, 1.165) is 11.3 Å². The molecule has 0 aliphatic carbocycles. The molecule has 2 N–H and O–H groups in total. The number of amidine groups is 1. The highest BCUT2D eigenvalue weighted by atomic mass is 79.9. The second-order valence-electron chi connectivity index (χ2n) is 3.74. The fourth-order valence-electron chi connectivity index (χ4n) is 1.36. The predicted octanol–water partition coefficient (Wildman–Crippen LogP) is 3.24. The van der Waals surface area contributed by atoms with E-state index in [1.165, 1.54) is 17.3 Å². The number of nitrogens with zero attached hydrogens (tertiary/aromatic N) is 3. The molecule has 1 aromatic carbocycles. The van der Waals surface area contributed by atoms with E-state index in [-0.39, 0.29) is 17.0 Å². The molecule has 0 radical (unpaired) electrons. The summed E-state index contributed by atoms with van der Waals surface area (Å²) in [7, 11) is 0. The molecule has 0 amide bonds. The van der Waals surface area contributed by atoms with E-state index in [2.05, 4.69) is 27.3 Å². The summed E-state index contributed by atoms with van der Waals surface area (Å²) in [6, 6.07) is 13.8. The van der Waals surface area contributed by atoms with Gasteiger partial charge in [0.05, 0.1) is 6.21 Å². The van der Waals surface area contributed by atoms with Crippen LogP contribution in [0.5, 0.6) is 0 Å². The molecule has 0 saturated carbocycles. The van der Waals surface area contributed by atoms with Crippen molar-refractivity contribution < 1.29 is 0 Å². The quantitative estimate of drug-likeness (QED) is 0.523. The van der Waals surface area contributed by atoms with Crippen LogP contribution in [0, 0.1) is 0 Å². The van der Waals surface area contributed by atoms with Crippen molar-refractivity contribution in [1.82, 2.24) is 4.98 Å². The molecule has 20 heavy (non-hydrogen) atoms. The van der Waals surface area contributed by atoms with Crippen LogP contribution >= 0.6 is 28.7 Å². The fourth-order valence-corrected chi connectivity index (χ4v) is 1.97. The Kier molecular flexibility index (Phi) is 7.60. The summed E-state index contributed by atoms with van der Waals surface area (Å²) in [6.45, 7) is 0. The monoisotopic (exact) mass is 350 g/mol. The van der Waals surface area contributed by atoms with Crippen LogP contribution in [0.25, 0.3) is 0 Å². The van der Waals surface area contributed by atoms with E-state index >= 15 is 0 Å². The van der Waals surface area contributed by atoms with Gasteiger partial charge in [-0.3, -0.25) is 4.98 Å². The van der Waals surface area contributed by atoms with Gasteiger partial charge in [0, 0.05) is 18.1 Å². The second-order valence-corrected chi connectivity index (χ2v) is 4.73. The number of halogens is 1. The van der Waals surface area contributed by atoms with Crippen LogP contribution in [0.4, 0.5) is 0 Å². The molecule has 2 aromatic rings. The third kappa shape index (κ3) is 5.99. The SMILES string of the molecule is Br.N/C(=N/N=C/c1ccncc1)SCc1ccccc1. The molecule has 1 aromatic heterocycles. The smallest absolute Gasteiger partial charge is 0.180 e. The van der Waals surface area contributed by atoms with Gasteiger partial charge in [-0.05, 0) is 23.3 Å². The largest absolute Gasteiger partial charge is 0.377 e. The number of rotatable bonds is 4. The summed E-state index contributed by atoms with van der Waals surface area (Å²) in [4.78, 5) is 3.93. The maximum absolute atomic E-state index is 5.77. The summed E-state index contributed by atoms with van der Waals surface area (Å²) < 4.78 is 0. The lowest BCUT2D eigenvalue weighted by Gasteiger charge is -1.99. The predicted molar refractivity (Wildman–Crippen MR) is 91.5 cm³/mol. The molecular weight excluding hydrogens is 336 g/mol. The minimum absolute atomic E-state index is 0. The molecule has 104 valence electrons. The molecule has 0 aliphatic rings. The Morgan fingerprint density at radius 3 is 2.55 bits per heavy atom. The lowest BCUT2D eigenvalue weighted by molar-refractivity contribution is 1.24. The highest BCUT2D eigenvalue weighted by Crippen LogP contribution is 2.11. The van der Waals surface area contributed by atoms with Crippen LogP contribution < -0.4 is 5.73 Å². The Morgan fingerprint density at radius 2 is 1.85 bits per heavy atom. The van der Waals surface area contributed by atoms with E-state index in [1.54, 1.807) is 18.6 Å². The Bertz CT molecular complexity index is 558. The Balaban J connectivity index is 0.00000200. The first-order valence-corrected chi connectivity index (χ1v) is 6.76. The van der Waals surface area contributed by atoms with Crippen LogP contribution in [0.3, 0.4) is 0 Å². The van der Waals surface area contributed by atoms with E-state index in [1.807, 2.05) is 30.3 Å². The van der Waals surface area contributed by atoms with Crippen molar-refractivity contribution in [2.45, 2.75) is 5.75 Å². The molecule has 0 aliphatic heterocycles. The minimum atomic E-state index is 0. The minimum Gasteiger partial charge on any atom is -0.377 e. The van der Waals surface area contributed by atoms with Gasteiger partial charge in [-0.15, -0.1) is 22.1 Å². The average molecular weight is 351 g/mol. The third-order valence-corrected chi connectivity index (χ3v) is 3.15. The Hall–Kier alpha value is -1.66. The molecule has 0 saturated heterocycles. The van der Waals surface area contributed by atoms with Crippen LogP contribution in [-0.2, 0) is 5.75 Å². The normalized spacial score (nSPS) is 11.3. The van der Waals surface area contributed by atoms with Crippen molar-refractivity contribution in [3.05, 3.63) is 66.0 Å². The zero-order valence-electron chi connectivity index (χ0n) is 10.7. The zero-order chi connectivity index (χ0) is 13.3. The Morgan fingerprint density at radius 1 is 1.15 bits per heavy atom. The number of aromatic nitrogens is 1. The maximum Gasteiger partial charge on any atom is 0.180 e. The molecule has 0 unspecified atom stereocenters. The van der Waals surface area contributed by atoms with Crippen molar-refractivity contribution in [2.24, 2.45) is 15.9 Å². The molecule has 0 atom stereocenters. The zero-order valence-corrected chi connectivity index (χ0v) is 13.2. The van der Waals surface area contributed by atoms with E-state index in [4.69, 9.17) is 5.73 Å². The van der Waals surface area contributed by atoms with Crippen molar-refractivity contribution in [3.8, 4) is 0 Å². The van der Waals surface area contributed by atoms with Crippen molar-refractivity contribution >= 4 is 40.1 Å². The van der Waals surface area contributed by atoms with E-state index in [9.17, 15) is 0 Å². The van der Waals surface area contributed by atoms with Gasteiger partial charge < -0.3 is 5.73 Å². The topological polar surface area (TPSA) is 63.6 Å². The van der Waals surface area contributed by atoms with Gasteiger partial charge in [0.1, 0.15) is 0 Å². The molecule has 4 nitrogen and oxygen atoms in total. The fraction of sp³-hybridized carbons (Fsp3) is 0.0714. The van der Waals surface area contributed by atoms with Crippen molar-refractivity contribution in [1.29, 1.82) is 0 Å². The second kappa shape index (κ2) is 9.28. The summed E-state index contributed by atoms with van der Waals surface area (Å²) in [6.07, 6.45) is 5.06. The van der Waals surface area contributed by atoms with Gasteiger partial charge in [0.15, 0.2) is 5.17 Å². The first-order valence-electron chi connectivity index (χ1n) is 5.78. The first kappa shape index (κ1) is 16.4. The molecule has 6 heteroatoms. The Labute approximate surface area is 133 Å². The molecule has 0 bridgehead atoms. The molecular formula is C14H15BrN4S. The van der Waals surface area contributed by atoms with Crippen molar-refractivity contribution in [2.75, 3.05) is 0 Å². The standard InChI is InChI=1S/C14H14N4S.BrH/c15-14(19-11-13-4-2-1-3-5-13)18-17-10-12-6-8-16-9-7-12;/h1-10H,11H2,(H2,15,18);1H/b17-10+;. The van der Waals surface area contributed by atoms with Gasteiger partial charge in [0.2, 0.25) is 0 Å². The number of benzene rings is 1. The third-order valence-electron chi connectivity index (χ3n) is 2.30. The van der Waals surface area contributed by atoms with Gasteiger partial charge >= 0.3 is 0 Å². The molecule has 1 heterocycles. The molecule has 0 spiro atoms. The van der Waals surface area contributed by atoms with Crippen LogP contribution in [0.15, 0.2) is 65.1 Å². The first-order chi connectivity index (χ1) is 9.34. The summed E-state index contributed by atoms with van der Waals surface area (Å²) in [5.74, 6) is 0.793. The number of pyridine rings is 1. The number of nitrogens with two attached hydrogens (primary N) is 1. The number of hydrogen-bond donors (Lipinski definition) is 1. The maximum atomic E-state index is 5.77. The summed E-state index contributed by atoms with van der Waals surface area (Å²) in [5, 5.41) is 8.34. The summed E-state index contributed by atoms with van der Waals surface area (Å²) >= 11 is 1.47. The van der Waals surface area contributed by atoms with Gasteiger partial charge in [-0.1, -0.05) is 42.1 Å². The van der Waals surface area contributed by atoms with Crippen molar-refractivity contribution in [3.63, 3.8) is 0 Å². The van der Waals surface area contributed by atoms with Gasteiger partial charge in [-0.25, -0.2) is 0 Å².